The number of halogens is 4. The van der Waals surface area contributed by atoms with Crippen LogP contribution in [0.5, 0.6) is 5.88 Å². The molecule has 10 heteroatoms. The molecule has 6 nitrogen and oxygen atoms in total. The second-order valence-electron chi connectivity index (χ2n) is 7.32. The lowest BCUT2D eigenvalue weighted by Crippen LogP contribution is -2.25. The molecule has 0 aliphatic carbocycles. The summed E-state index contributed by atoms with van der Waals surface area (Å²) in [5.41, 5.74) is 2.98. The Balaban J connectivity index is 1.54. The van der Waals surface area contributed by atoms with Gasteiger partial charge in [0.05, 0.1) is 5.69 Å². The predicted molar refractivity (Wildman–Crippen MR) is 103 cm³/mol. The molecule has 0 bridgehead atoms. The van der Waals surface area contributed by atoms with E-state index in [0.29, 0.717) is 11.1 Å². The number of nitrogens with zero attached hydrogens (tertiary/aromatic N) is 4. The third-order valence-electron chi connectivity index (χ3n) is 4.98. The van der Waals surface area contributed by atoms with Gasteiger partial charge in [-0.3, -0.25) is 9.48 Å². The van der Waals surface area contributed by atoms with Gasteiger partial charge in [-0.05, 0) is 30.2 Å². The molecule has 3 aromatic rings. The number of aryl methyl sites for hydroxylation is 2. The summed E-state index contributed by atoms with van der Waals surface area (Å²) in [6.07, 6.45) is -1.48. The van der Waals surface area contributed by atoms with E-state index in [2.05, 4.69) is 10.1 Å². The van der Waals surface area contributed by atoms with Crippen LogP contribution in [0.4, 0.5) is 17.6 Å². The van der Waals surface area contributed by atoms with Crippen LogP contribution < -0.4 is 4.74 Å². The molecule has 1 amide bonds. The maximum atomic E-state index is 14.8. The van der Waals surface area contributed by atoms with E-state index in [-0.39, 0.29) is 30.1 Å². The Hall–Kier alpha value is -3.43. The fraction of sp³-hybridized carbons (Fsp3) is 0.286. The maximum Gasteiger partial charge on any atom is 0.422 e. The van der Waals surface area contributed by atoms with Gasteiger partial charge in [-0.25, -0.2) is 9.37 Å². The van der Waals surface area contributed by atoms with Gasteiger partial charge in [0.25, 0.3) is 5.91 Å². The summed E-state index contributed by atoms with van der Waals surface area (Å²) in [4.78, 5) is 17.9. The average Bonchev–Trinajstić information content (AvgIpc) is 3.20. The number of benzene rings is 1. The number of fused-ring (bicyclic) bond motifs is 1. The van der Waals surface area contributed by atoms with E-state index in [1.54, 1.807) is 30.1 Å². The van der Waals surface area contributed by atoms with Crippen molar-refractivity contribution in [3.05, 3.63) is 64.9 Å². The molecule has 0 spiro atoms. The van der Waals surface area contributed by atoms with Gasteiger partial charge in [-0.1, -0.05) is 12.1 Å². The van der Waals surface area contributed by atoms with Crippen LogP contribution in [0.3, 0.4) is 0 Å². The van der Waals surface area contributed by atoms with Crippen LogP contribution in [0, 0.1) is 12.7 Å². The standard InChI is InChI=1S/C21H18F4N4O2/c1-12-16(10-28(2)27-12)13-3-4-14(17(22)7-13)8-29-9-15-5-6-26-19(18(15)20(29)30)31-11-21(23,24)25/h3-7,10H,8-9,11H2,1-2H3. The van der Waals surface area contributed by atoms with Crippen molar-refractivity contribution < 1.29 is 27.1 Å². The van der Waals surface area contributed by atoms with Crippen LogP contribution in [0.25, 0.3) is 11.1 Å². The zero-order valence-electron chi connectivity index (χ0n) is 16.7. The number of carbonyl (C=O) groups is 1. The Bertz CT molecular complexity index is 1160. The van der Waals surface area contributed by atoms with E-state index in [1.165, 1.54) is 23.2 Å². The Labute approximate surface area is 175 Å². The van der Waals surface area contributed by atoms with Crippen LogP contribution >= 0.6 is 0 Å². The van der Waals surface area contributed by atoms with Crippen LogP contribution in [0.2, 0.25) is 0 Å². The number of pyridine rings is 1. The highest BCUT2D eigenvalue weighted by atomic mass is 19.4. The van der Waals surface area contributed by atoms with E-state index < -0.39 is 24.5 Å². The van der Waals surface area contributed by atoms with Crippen molar-refractivity contribution in [3.63, 3.8) is 0 Å². The number of ether oxygens (including phenoxy) is 1. The van der Waals surface area contributed by atoms with E-state index in [4.69, 9.17) is 4.74 Å². The molecule has 1 aliphatic heterocycles. The molecule has 4 rings (SSSR count). The topological polar surface area (TPSA) is 60.3 Å². The third-order valence-corrected chi connectivity index (χ3v) is 4.98. The normalized spacial score (nSPS) is 13.6. The summed E-state index contributed by atoms with van der Waals surface area (Å²) in [6.45, 7) is 0.369. The Morgan fingerprint density at radius 3 is 2.65 bits per heavy atom. The number of carbonyl (C=O) groups excluding carboxylic acids is 1. The molecule has 0 atom stereocenters. The lowest BCUT2D eigenvalue weighted by atomic mass is 10.0. The molecule has 1 aliphatic rings. The molecule has 0 radical (unpaired) electrons. The minimum absolute atomic E-state index is 0.0187. The SMILES string of the molecule is Cc1nn(C)cc1-c1ccc(CN2Cc3ccnc(OCC(F)(F)F)c3C2=O)c(F)c1. The molecule has 0 N–H and O–H groups in total. The van der Waals surface area contributed by atoms with Gasteiger partial charge in [0.15, 0.2) is 6.61 Å². The molecule has 0 saturated heterocycles. The summed E-state index contributed by atoms with van der Waals surface area (Å²) in [5, 5.41) is 4.25. The van der Waals surface area contributed by atoms with Gasteiger partial charge >= 0.3 is 6.18 Å². The van der Waals surface area contributed by atoms with Gasteiger partial charge in [0.2, 0.25) is 5.88 Å². The number of alkyl halides is 3. The first-order valence-corrected chi connectivity index (χ1v) is 9.38. The summed E-state index contributed by atoms with van der Waals surface area (Å²) < 4.78 is 58.6. The molecule has 0 fully saturated rings. The lowest BCUT2D eigenvalue weighted by Gasteiger charge is -2.17. The van der Waals surface area contributed by atoms with Gasteiger partial charge in [0, 0.05) is 43.7 Å². The van der Waals surface area contributed by atoms with Crippen LogP contribution in [0.15, 0.2) is 36.7 Å². The average molecular weight is 434 g/mol. The molecule has 162 valence electrons. The summed E-state index contributed by atoms with van der Waals surface area (Å²) >= 11 is 0. The van der Waals surface area contributed by atoms with Gasteiger partial charge in [-0.15, -0.1) is 0 Å². The van der Waals surface area contributed by atoms with Crippen LogP contribution in [0.1, 0.15) is 27.2 Å². The summed E-state index contributed by atoms with van der Waals surface area (Å²) in [5.74, 6) is -1.41. The Kier molecular flexibility index (Phi) is 5.16. The van der Waals surface area contributed by atoms with Crippen molar-refractivity contribution in [2.75, 3.05) is 6.61 Å². The Morgan fingerprint density at radius 1 is 1.23 bits per heavy atom. The molecule has 31 heavy (non-hydrogen) atoms. The highest BCUT2D eigenvalue weighted by Crippen LogP contribution is 2.32. The van der Waals surface area contributed by atoms with Crippen molar-refractivity contribution in [2.24, 2.45) is 7.05 Å². The number of hydrogen-bond acceptors (Lipinski definition) is 4. The monoisotopic (exact) mass is 434 g/mol. The molecular formula is C21H18F4N4O2. The van der Waals surface area contributed by atoms with Crippen molar-refractivity contribution >= 4 is 5.91 Å². The maximum absolute atomic E-state index is 14.8. The summed E-state index contributed by atoms with van der Waals surface area (Å²) in [7, 11) is 1.78. The van der Waals surface area contributed by atoms with E-state index in [0.717, 1.165) is 11.3 Å². The highest BCUT2D eigenvalue weighted by Gasteiger charge is 2.34. The second kappa shape index (κ2) is 7.68. The van der Waals surface area contributed by atoms with Crippen LogP contribution in [-0.2, 0) is 20.1 Å². The third kappa shape index (κ3) is 4.23. The fourth-order valence-corrected chi connectivity index (χ4v) is 3.60. The molecule has 1 aromatic carbocycles. The molecule has 2 aromatic heterocycles. The van der Waals surface area contributed by atoms with Gasteiger partial charge < -0.3 is 9.64 Å². The molecule has 0 saturated carbocycles. The minimum Gasteiger partial charge on any atom is -0.467 e. The number of rotatable bonds is 5. The number of hydrogen-bond donors (Lipinski definition) is 0. The molecule has 3 heterocycles. The van der Waals surface area contributed by atoms with Crippen molar-refractivity contribution in [1.29, 1.82) is 0 Å². The zero-order valence-corrected chi connectivity index (χ0v) is 16.7. The van der Waals surface area contributed by atoms with Gasteiger partial charge in [0.1, 0.15) is 11.4 Å². The quantitative estimate of drug-likeness (QED) is 0.569. The minimum atomic E-state index is -4.55. The van der Waals surface area contributed by atoms with E-state index in [1.807, 2.05) is 6.92 Å². The smallest absolute Gasteiger partial charge is 0.422 e. The predicted octanol–water partition coefficient (Wildman–Crippen LogP) is 4.03. The molecular weight excluding hydrogens is 416 g/mol. The van der Waals surface area contributed by atoms with E-state index >= 15 is 0 Å². The largest absolute Gasteiger partial charge is 0.467 e. The number of aromatic nitrogens is 3. The Morgan fingerprint density at radius 2 is 2.00 bits per heavy atom. The first-order valence-electron chi connectivity index (χ1n) is 9.38. The van der Waals surface area contributed by atoms with Crippen molar-refractivity contribution in [1.82, 2.24) is 19.7 Å². The number of amides is 1. The zero-order chi connectivity index (χ0) is 22.3. The highest BCUT2D eigenvalue weighted by molar-refractivity contribution is 6.00. The lowest BCUT2D eigenvalue weighted by molar-refractivity contribution is -0.154. The second-order valence-corrected chi connectivity index (χ2v) is 7.32. The first kappa shape index (κ1) is 20.8. The van der Waals surface area contributed by atoms with E-state index in [9.17, 15) is 22.4 Å². The van der Waals surface area contributed by atoms with Crippen molar-refractivity contribution in [2.45, 2.75) is 26.2 Å². The van der Waals surface area contributed by atoms with Crippen molar-refractivity contribution in [3.8, 4) is 17.0 Å². The van der Waals surface area contributed by atoms with Gasteiger partial charge in [-0.2, -0.15) is 18.3 Å². The molecule has 0 unspecified atom stereocenters. The summed E-state index contributed by atoms with van der Waals surface area (Å²) in [6, 6.07) is 6.26. The first-order chi connectivity index (χ1) is 14.6. The fourth-order valence-electron chi connectivity index (χ4n) is 3.60. The van der Waals surface area contributed by atoms with Crippen LogP contribution in [-0.4, -0.2) is 38.4 Å².